The summed E-state index contributed by atoms with van der Waals surface area (Å²) in [6, 6.07) is 51.7. The zero-order valence-electron chi connectivity index (χ0n) is 27.2. The highest BCUT2D eigenvalue weighted by molar-refractivity contribution is 6.12. The van der Waals surface area contributed by atoms with Crippen molar-refractivity contribution in [2.24, 2.45) is 0 Å². The summed E-state index contributed by atoms with van der Waals surface area (Å²) in [4.78, 5) is 24.6. The zero-order chi connectivity index (χ0) is 33.7. The molecule has 10 rings (SSSR count). The van der Waals surface area contributed by atoms with Crippen molar-refractivity contribution in [3.8, 4) is 56.4 Å². The second-order valence-electron chi connectivity index (χ2n) is 12.5. The van der Waals surface area contributed by atoms with Crippen molar-refractivity contribution in [3.05, 3.63) is 164 Å². The fourth-order valence-electron chi connectivity index (χ4n) is 7.01. The smallest absolute Gasteiger partial charge is 0.167 e. The van der Waals surface area contributed by atoms with Crippen LogP contribution in [0.15, 0.2) is 168 Å². The summed E-state index contributed by atoms with van der Waals surface area (Å²) in [6.07, 6.45) is 3.51. The average Bonchev–Trinajstić information content (AvgIpc) is 3.59. The van der Waals surface area contributed by atoms with Gasteiger partial charge in [-0.25, -0.2) is 15.0 Å². The largest absolute Gasteiger partial charge is 0.455 e. The lowest BCUT2D eigenvalue weighted by Gasteiger charge is -2.13. The normalized spacial score (nSPS) is 11.5. The summed E-state index contributed by atoms with van der Waals surface area (Å²) in [7, 11) is 0. The van der Waals surface area contributed by atoms with Crippen molar-refractivity contribution in [3.63, 3.8) is 0 Å². The fraction of sp³-hybridized carbons (Fsp3) is 0. The summed E-state index contributed by atoms with van der Waals surface area (Å²) in [5.74, 6) is 1.74. The number of hydrogen-bond acceptors (Lipinski definition) is 6. The van der Waals surface area contributed by atoms with Crippen LogP contribution in [0.4, 0.5) is 0 Å². The van der Waals surface area contributed by atoms with Crippen molar-refractivity contribution >= 4 is 43.7 Å². The lowest BCUT2D eigenvalue weighted by atomic mass is 9.92. The van der Waals surface area contributed by atoms with Gasteiger partial charge in [0.25, 0.3) is 0 Å². The van der Waals surface area contributed by atoms with Gasteiger partial charge < -0.3 is 4.42 Å². The van der Waals surface area contributed by atoms with E-state index in [4.69, 9.17) is 24.4 Å². The van der Waals surface area contributed by atoms with Crippen LogP contribution in [0.2, 0.25) is 0 Å². The Morgan fingerprint density at radius 3 is 1.82 bits per heavy atom. The Labute approximate surface area is 292 Å². The van der Waals surface area contributed by atoms with Gasteiger partial charge in [-0.05, 0) is 57.8 Å². The highest BCUT2D eigenvalue weighted by Gasteiger charge is 2.20. The molecule has 0 amide bonds. The van der Waals surface area contributed by atoms with E-state index in [1.165, 1.54) is 0 Å². The molecule has 0 saturated heterocycles. The van der Waals surface area contributed by atoms with E-state index in [0.29, 0.717) is 17.5 Å². The van der Waals surface area contributed by atoms with Gasteiger partial charge >= 0.3 is 0 Å². The van der Waals surface area contributed by atoms with Gasteiger partial charge in [0, 0.05) is 39.9 Å². The van der Waals surface area contributed by atoms with Gasteiger partial charge in [-0.15, -0.1) is 0 Å². The topological polar surface area (TPSA) is 77.6 Å². The van der Waals surface area contributed by atoms with Crippen LogP contribution in [0.1, 0.15) is 0 Å². The molecule has 6 nitrogen and oxygen atoms in total. The molecule has 0 aliphatic carbocycles. The van der Waals surface area contributed by atoms with Crippen LogP contribution in [0.5, 0.6) is 0 Å². The fourth-order valence-corrected chi connectivity index (χ4v) is 7.01. The Bertz CT molecular complexity index is 2810. The maximum Gasteiger partial charge on any atom is 0.167 e. The maximum atomic E-state index is 6.59. The van der Waals surface area contributed by atoms with Crippen molar-refractivity contribution in [1.29, 1.82) is 0 Å². The second-order valence-corrected chi connectivity index (χ2v) is 12.5. The molecule has 238 valence electrons. The first-order valence-electron chi connectivity index (χ1n) is 16.8. The molecule has 0 radical (unpaired) electrons. The van der Waals surface area contributed by atoms with Crippen molar-refractivity contribution in [1.82, 2.24) is 24.9 Å². The Kier molecular flexibility index (Phi) is 6.70. The summed E-state index contributed by atoms with van der Waals surface area (Å²) >= 11 is 0. The molecular formula is C45H27N5O. The molecule has 3 aromatic heterocycles. The van der Waals surface area contributed by atoms with Crippen LogP contribution in [-0.2, 0) is 0 Å². The minimum atomic E-state index is 0.542. The maximum absolute atomic E-state index is 6.59. The lowest BCUT2D eigenvalue weighted by Crippen LogP contribution is -2.00. The first-order valence-corrected chi connectivity index (χ1v) is 16.8. The monoisotopic (exact) mass is 653 g/mol. The van der Waals surface area contributed by atoms with E-state index in [-0.39, 0.29) is 0 Å². The van der Waals surface area contributed by atoms with Crippen LogP contribution >= 0.6 is 0 Å². The number of furan rings is 1. The summed E-state index contributed by atoms with van der Waals surface area (Å²) in [5.41, 5.74) is 10.1. The van der Waals surface area contributed by atoms with Gasteiger partial charge in [0.05, 0.1) is 16.6 Å². The van der Waals surface area contributed by atoms with Gasteiger partial charge in [0.2, 0.25) is 0 Å². The second kappa shape index (κ2) is 11.8. The lowest BCUT2D eigenvalue weighted by molar-refractivity contribution is 0.669. The van der Waals surface area contributed by atoms with E-state index in [2.05, 4.69) is 77.8 Å². The third-order valence-electron chi connectivity index (χ3n) is 9.39. The Balaban J connectivity index is 1.23. The molecular weight excluding hydrogens is 627 g/mol. The summed E-state index contributed by atoms with van der Waals surface area (Å²) in [6.45, 7) is 0. The highest BCUT2D eigenvalue weighted by atomic mass is 16.3. The minimum absolute atomic E-state index is 0.542. The molecule has 0 atom stereocenters. The van der Waals surface area contributed by atoms with E-state index in [9.17, 15) is 0 Å². The number of benzene rings is 7. The number of nitrogens with zero attached hydrogens (tertiary/aromatic N) is 5. The van der Waals surface area contributed by atoms with Crippen LogP contribution < -0.4 is 0 Å². The van der Waals surface area contributed by atoms with Crippen molar-refractivity contribution < 1.29 is 4.42 Å². The van der Waals surface area contributed by atoms with Gasteiger partial charge in [-0.2, -0.15) is 0 Å². The first-order chi connectivity index (χ1) is 25.3. The zero-order valence-corrected chi connectivity index (χ0v) is 27.2. The molecule has 0 N–H and O–H groups in total. The number of aromatic nitrogens is 5. The molecule has 3 heterocycles. The minimum Gasteiger partial charge on any atom is -0.455 e. The van der Waals surface area contributed by atoms with E-state index in [1.54, 1.807) is 12.4 Å². The molecule has 0 unspecified atom stereocenters. The molecule has 0 aliphatic rings. The van der Waals surface area contributed by atoms with Gasteiger partial charge in [-0.1, -0.05) is 121 Å². The molecule has 0 saturated carbocycles. The molecule has 0 aliphatic heterocycles. The van der Waals surface area contributed by atoms with Gasteiger partial charge in [-0.3, -0.25) is 9.97 Å². The third kappa shape index (κ3) is 5.01. The van der Waals surface area contributed by atoms with Crippen molar-refractivity contribution in [2.75, 3.05) is 0 Å². The number of fused-ring (bicyclic) bond motifs is 5. The average molecular weight is 654 g/mol. The van der Waals surface area contributed by atoms with E-state index >= 15 is 0 Å². The Morgan fingerprint density at radius 1 is 0.412 bits per heavy atom. The molecule has 6 heteroatoms. The SMILES string of the molecule is c1ccc(-c2nc(-c3ccccc3)nc(-c3cc(-c4cccc(-c5c6ccccc6cc6nccnc56)c4)cc4c3oc3ccccc34)n2)cc1. The molecule has 0 spiro atoms. The van der Waals surface area contributed by atoms with Crippen LogP contribution in [-0.4, -0.2) is 24.9 Å². The quantitative estimate of drug-likeness (QED) is 0.172. The van der Waals surface area contributed by atoms with E-state index < -0.39 is 0 Å². The molecule has 7 aromatic carbocycles. The molecule has 10 aromatic rings. The number of rotatable bonds is 5. The first kappa shape index (κ1) is 28.9. The van der Waals surface area contributed by atoms with Gasteiger partial charge in [0.15, 0.2) is 17.5 Å². The summed E-state index contributed by atoms with van der Waals surface area (Å²) < 4.78 is 6.59. The van der Waals surface area contributed by atoms with Crippen LogP contribution in [0, 0.1) is 0 Å². The predicted molar refractivity (Wildman–Crippen MR) is 205 cm³/mol. The molecule has 0 bridgehead atoms. The highest BCUT2D eigenvalue weighted by Crippen LogP contribution is 2.41. The molecule has 0 fully saturated rings. The predicted octanol–water partition coefficient (Wildman–Crippen LogP) is 11.2. The van der Waals surface area contributed by atoms with Crippen molar-refractivity contribution in [2.45, 2.75) is 0 Å². The van der Waals surface area contributed by atoms with E-state index in [1.807, 2.05) is 78.9 Å². The van der Waals surface area contributed by atoms with Crippen LogP contribution in [0.25, 0.3) is 100 Å². The Hall–Kier alpha value is -7.05. The third-order valence-corrected chi connectivity index (χ3v) is 9.39. The van der Waals surface area contributed by atoms with Gasteiger partial charge in [0.1, 0.15) is 11.2 Å². The number of para-hydroxylation sites is 1. The number of hydrogen-bond donors (Lipinski definition) is 0. The van der Waals surface area contributed by atoms with Crippen LogP contribution in [0.3, 0.4) is 0 Å². The molecule has 51 heavy (non-hydrogen) atoms. The standard InChI is InChI=1S/C45H27N5O/c1-3-12-28(13-4-1)43-48-44(29-14-5-2-6-15-29)50-45(49-43)37-26-33(25-36-35-20-9-10-21-39(35)51-42(36)37)30-17-11-18-32(24-30)40-34-19-8-7-16-31(34)27-38-41(40)47-23-22-46-38/h1-27H. The summed E-state index contributed by atoms with van der Waals surface area (Å²) in [5, 5.41) is 4.28. The van der Waals surface area contributed by atoms with E-state index in [0.717, 1.165) is 82.7 Å². The Morgan fingerprint density at radius 2 is 1.04 bits per heavy atom.